The number of hydrogen-bond acceptors (Lipinski definition) is 3. The van der Waals surface area contributed by atoms with Crippen LogP contribution >= 0.6 is 34.5 Å². The average Bonchev–Trinajstić information content (AvgIpc) is 2.75. The molecular formula is C12H12Cl2N2OS. The third-order valence-corrected chi connectivity index (χ3v) is 4.19. The molecule has 0 bridgehead atoms. The van der Waals surface area contributed by atoms with E-state index in [9.17, 15) is 4.79 Å². The Labute approximate surface area is 119 Å². The van der Waals surface area contributed by atoms with Crippen molar-refractivity contribution in [3.63, 3.8) is 0 Å². The molecule has 1 aromatic carbocycles. The zero-order valence-corrected chi connectivity index (χ0v) is 12.1. The maximum atomic E-state index is 11.6. The Kier molecular flexibility index (Phi) is 4.43. The van der Waals surface area contributed by atoms with Crippen LogP contribution in [-0.4, -0.2) is 10.9 Å². The summed E-state index contributed by atoms with van der Waals surface area (Å²) in [5.41, 5.74) is 0.639. The van der Waals surface area contributed by atoms with Crippen LogP contribution in [0.25, 0.3) is 10.2 Å². The van der Waals surface area contributed by atoms with E-state index in [1.807, 2.05) is 13.0 Å². The molecule has 0 aliphatic rings. The van der Waals surface area contributed by atoms with Crippen LogP contribution in [0.2, 0.25) is 10.0 Å². The first-order valence-corrected chi connectivity index (χ1v) is 7.23. The molecule has 3 nitrogen and oxygen atoms in total. The number of rotatable bonds is 4. The van der Waals surface area contributed by atoms with Gasteiger partial charge < -0.3 is 5.32 Å². The molecule has 1 N–H and O–H groups in total. The molecule has 1 heterocycles. The van der Waals surface area contributed by atoms with E-state index < -0.39 is 0 Å². The predicted octanol–water partition coefficient (Wildman–Crippen LogP) is 4.73. The molecule has 96 valence electrons. The Bertz CT molecular complexity index is 583. The molecule has 2 rings (SSSR count). The number of unbranched alkanes of at least 4 members (excludes halogenated alkanes) is 1. The normalized spacial score (nSPS) is 10.8. The van der Waals surface area contributed by atoms with E-state index in [1.165, 1.54) is 11.3 Å². The van der Waals surface area contributed by atoms with Crippen LogP contribution in [0.3, 0.4) is 0 Å². The van der Waals surface area contributed by atoms with Crippen molar-refractivity contribution in [2.75, 3.05) is 5.32 Å². The van der Waals surface area contributed by atoms with Crippen molar-refractivity contribution in [2.45, 2.75) is 26.2 Å². The SMILES string of the molecule is CCCCC(=O)Nc1nc2c(Cl)c(Cl)ccc2s1. The molecule has 0 saturated carbocycles. The fourth-order valence-electron chi connectivity index (χ4n) is 1.51. The summed E-state index contributed by atoms with van der Waals surface area (Å²) in [6.07, 6.45) is 2.39. The molecule has 0 aliphatic carbocycles. The molecule has 1 aromatic heterocycles. The summed E-state index contributed by atoms with van der Waals surface area (Å²) in [5.74, 6) is -0.0156. The number of benzene rings is 1. The number of hydrogen-bond donors (Lipinski definition) is 1. The van der Waals surface area contributed by atoms with Gasteiger partial charge in [0.1, 0.15) is 5.52 Å². The number of carbonyl (C=O) groups excluding carboxylic acids is 1. The van der Waals surface area contributed by atoms with Crippen molar-refractivity contribution in [1.29, 1.82) is 0 Å². The molecule has 2 aromatic rings. The number of thiazole rings is 1. The fourth-order valence-corrected chi connectivity index (χ4v) is 2.82. The minimum absolute atomic E-state index is 0.0156. The summed E-state index contributed by atoms with van der Waals surface area (Å²) in [5, 5.41) is 4.25. The summed E-state index contributed by atoms with van der Waals surface area (Å²) in [7, 11) is 0. The minimum Gasteiger partial charge on any atom is -0.302 e. The summed E-state index contributed by atoms with van der Waals surface area (Å²) in [6, 6.07) is 3.58. The summed E-state index contributed by atoms with van der Waals surface area (Å²) >= 11 is 13.4. The number of nitrogens with one attached hydrogen (secondary N) is 1. The standard InChI is InChI=1S/C12H12Cl2N2OS/c1-2-3-4-9(17)15-12-16-11-8(18-12)6-5-7(13)10(11)14/h5-6H,2-4H2,1H3,(H,15,16,17). The third kappa shape index (κ3) is 2.94. The highest BCUT2D eigenvalue weighted by molar-refractivity contribution is 7.22. The first kappa shape index (κ1) is 13.6. The predicted molar refractivity (Wildman–Crippen MR) is 77.8 cm³/mol. The van der Waals surface area contributed by atoms with Gasteiger partial charge in [0.05, 0.1) is 14.7 Å². The van der Waals surface area contributed by atoms with E-state index in [0.717, 1.165) is 17.5 Å². The van der Waals surface area contributed by atoms with Gasteiger partial charge in [-0.25, -0.2) is 4.98 Å². The van der Waals surface area contributed by atoms with Gasteiger partial charge in [0.2, 0.25) is 5.91 Å². The number of aromatic nitrogens is 1. The molecule has 0 aliphatic heterocycles. The van der Waals surface area contributed by atoms with Gasteiger partial charge >= 0.3 is 0 Å². The van der Waals surface area contributed by atoms with Gasteiger partial charge in [0.25, 0.3) is 0 Å². The number of amides is 1. The molecule has 0 spiro atoms. The Balaban J connectivity index is 2.20. The van der Waals surface area contributed by atoms with Crippen molar-refractivity contribution >= 4 is 55.8 Å². The van der Waals surface area contributed by atoms with Crippen LogP contribution in [0.4, 0.5) is 5.13 Å². The second-order valence-electron chi connectivity index (χ2n) is 3.88. The van der Waals surface area contributed by atoms with Gasteiger partial charge in [0, 0.05) is 6.42 Å². The third-order valence-electron chi connectivity index (χ3n) is 2.46. The van der Waals surface area contributed by atoms with Gasteiger partial charge in [-0.3, -0.25) is 4.79 Å². The lowest BCUT2D eigenvalue weighted by Gasteiger charge is -1.99. The van der Waals surface area contributed by atoms with Gasteiger partial charge in [-0.2, -0.15) is 0 Å². The Morgan fingerprint density at radius 2 is 2.22 bits per heavy atom. The highest BCUT2D eigenvalue weighted by Gasteiger charge is 2.11. The second kappa shape index (κ2) is 5.87. The minimum atomic E-state index is -0.0156. The van der Waals surface area contributed by atoms with E-state index in [1.54, 1.807) is 6.07 Å². The smallest absolute Gasteiger partial charge is 0.226 e. The molecular weight excluding hydrogens is 291 g/mol. The molecule has 0 unspecified atom stereocenters. The van der Waals surface area contributed by atoms with Crippen molar-refractivity contribution in [2.24, 2.45) is 0 Å². The molecule has 0 atom stereocenters. The fraction of sp³-hybridized carbons (Fsp3) is 0.333. The van der Waals surface area contributed by atoms with E-state index >= 15 is 0 Å². The first-order valence-electron chi connectivity index (χ1n) is 5.66. The van der Waals surface area contributed by atoms with Gasteiger partial charge in [-0.1, -0.05) is 47.9 Å². The Morgan fingerprint density at radius 1 is 1.44 bits per heavy atom. The summed E-state index contributed by atoms with van der Waals surface area (Å²) < 4.78 is 0.912. The summed E-state index contributed by atoms with van der Waals surface area (Å²) in [4.78, 5) is 15.9. The van der Waals surface area contributed by atoms with Crippen LogP contribution in [0, 0.1) is 0 Å². The van der Waals surface area contributed by atoms with Crippen LogP contribution < -0.4 is 5.32 Å². The van der Waals surface area contributed by atoms with Gasteiger partial charge in [-0.15, -0.1) is 0 Å². The molecule has 0 fully saturated rings. The molecule has 1 amide bonds. The van der Waals surface area contributed by atoms with Crippen molar-refractivity contribution in [1.82, 2.24) is 4.98 Å². The van der Waals surface area contributed by atoms with E-state index in [2.05, 4.69) is 10.3 Å². The largest absolute Gasteiger partial charge is 0.302 e. The Hall–Kier alpha value is -0.840. The van der Waals surface area contributed by atoms with Crippen molar-refractivity contribution in [3.05, 3.63) is 22.2 Å². The van der Waals surface area contributed by atoms with Crippen molar-refractivity contribution in [3.8, 4) is 0 Å². The number of fused-ring (bicyclic) bond motifs is 1. The number of anilines is 1. The maximum Gasteiger partial charge on any atom is 0.226 e. The van der Waals surface area contributed by atoms with Gasteiger partial charge in [-0.05, 0) is 18.6 Å². The van der Waals surface area contributed by atoms with Gasteiger partial charge in [0.15, 0.2) is 5.13 Å². The zero-order valence-electron chi connectivity index (χ0n) is 9.80. The van der Waals surface area contributed by atoms with E-state index in [0.29, 0.717) is 27.1 Å². The average molecular weight is 303 g/mol. The van der Waals surface area contributed by atoms with Crippen LogP contribution in [0.1, 0.15) is 26.2 Å². The molecule has 6 heteroatoms. The zero-order chi connectivity index (χ0) is 13.1. The lowest BCUT2D eigenvalue weighted by atomic mass is 10.2. The topological polar surface area (TPSA) is 42.0 Å². The highest BCUT2D eigenvalue weighted by Crippen LogP contribution is 2.35. The number of carbonyl (C=O) groups is 1. The van der Waals surface area contributed by atoms with Crippen molar-refractivity contribution < 1.29 is 4.79 Å². The lowest BCUT2D eigenvalue weighted by Crippen LogP contribution is -2.10. The molecule has 0 saturated heterocycles. The first-order chi connectivity index (χ1) is 8.61. The van der Waals surface area contributed by atoms with Crippen LogP contribution in [-0.2, 0) is 4.79 Å². The monoisotopic (exact) mass is 302 g/mol. The van der Waals surface area contributed by atoms with E-state index in [4.69, 9.17) is 23.2 Å². The van der Waals surface area contributed by atoms with Crippen LogP contribution in [0.5, 0.6) is 0 Å². The quantitative estimate of drug-likeness (QED) is 0.887. The van der Waals surface area contributed by atoms with E-state index in [-0.39, 0.29) is 5.91 Å². The lowest BCUT2D eigenvalue weighted by molar-refractivity contribution is -0.116. The Morgan fingerprint density at radius 3 is 2.94 bits per heavy atom. The second-order valence-corrected chi connectivity index (χ2v) is 5.69. The molecule has 0 radical (unpaired) electrons. The summed E-state index contributed by atoms with van der Waals surface area (Å²) in [6.45, 7) is 2.05. The maximum absolute atomic E-state index is 11.6. The number of nitrogens with zero attached hydrogens (tertiary/aromatic N) is 1. The van der Waals surface area contributed by atoms with Crippen LogP contribution in [0.15, 0.2) is 12.1 Å². The number of halogens is 2. The highest BCUT2D eigenvalue weighted by atomic mass is 35.5. The molecule has 18 heavy (non-hydrogen) atoms.